The number of carbonyl (C=O) groups is 1. The Morgan fingerprint density at radius 1 is 1.07 bits per heavy atom. The van der Waals surface area contributed by atoms with E-state index < -0.39 is 10.0 Å². The van der Waals surface area contributed by atoms with Crippen molar-refractivity contribution < 1.29 is 13.2 Å². The average Bonchev–Trinajstić information content (AvgIpc) is 2.69. The number of nitrogens with zero attached hydrogens (tertiary/aromatic N) is 1. The Morgan fingerprint density at radius 3 is 2.45 bits per heavy atom. The number of benzene rings is 2. The second-order valence-electron chi connectivity index (χ2n) is 6.58. The first-order valence-electron chi connectivity index (χ1n) is 8.84. The first-order valence-corrected chi connectivity index (χ1v) is 11.2. The van der Waals surface area contributed by atoms with E-state index in [1.807, 2.05) is 19.1 Å². The number of sulfonamides is 1. The van der Waals surface area contributed by atoms with Crippen LogP contribution in [0.3, 0.4) is 0 Å². The third-order valence-electron chi connectivity index (χ3n) is 4.41. The number of aromatic nitrogens is 1. The fourth-order valence-corrected chi connectivity index (χ4v) is 4.10. The molecule has 0 atom stereocenters. The number of nitrogens with one attached hydrogen (secondary N) is 1. The monoisotopic (exact) mass is 427 g/mol. The van der Waals surface area contributed by atoms with E-state index in [1.54, 1.807) is 30.5 Å². The molecular weight excluding hydrogens is 406 g/mol. The van der Waals surface area contributed by atoms with Gasteiger partial charge in [-0.2, -0.15) is 0 Å². The summed E-state index contributed by atoms with van der Waals surface area (Å²) in [5.41, 5.74) is 3.64. The van der Waals surface area contributed by atoms with Gasteiger partial charge in [-0.15, -0.1) is 0 Å². The highest BCUT2D eigenvalue weighted by molar-refractivity contribution is 7.99. The topological polar surface area (TPSA) is 102 Å². The van der Waals surface area contributed by atoms with E-state index in [2.05, 4.69) is 23.3 Å². The summed E-state index contributed by atoms with van der Waals surface area (Å²) in [4.78, 5) is 18.1. The van der Waals surface area contributed by atoms with Gasteiger partial charge in [0.25, 0.3) is 5.91 Å². The van der Waals surface area contributed by atoms with Crippen LogP contribution in [-0.4, -0.2) is 19.3 Å². The molecule has 0 saturated heterocycles. The van der Waals surface area contributed by atoms with Crippen molar-refractivity contribution in [1.29, 1.82) is 0 Å². The number of nitrogens with two attached hydrogens (primary N) is 1. The highest BCUT2D eigenvalue weighted by Gasteiger charge is 2.14. The molecule has 0 bridgehead atoms. The fraction of sp³-hybridized carbons (Fsp3) is 0.143. The molecule has 3 rings (SSSR count). The Hall–Kier alpha value is -2.68. The van der Waals surface area contributed by atoms with Gasteiger partial charge in [-0.3, -0.25) is 4.79 Å². The van der Waals surface area contributed by atoms with Crippen molar-refractivity contribution in [1.82, 2.24) is 10.3 Å². The van der Waals surface area contributed by atoms with E-state index >= 15 is 0 Å². The van der Waals surface area contributed by atoms with Crippen molar-refractivity contribution in [2.45, 2.75) is 35.2 Å². The number of primary sulfonamides is 1. The van der Waals surface area contributed by atoms with Crippen molar-refractivity contribution >= 4 is 27.7 Å². The molecule has 1 heterocycles. The summed E-state index contributed by atoms with van der Waals surface area (Å²) in [5.74, 6) is -0.250. The van der Waals surface area contributed by atoms with Crippen LogP contribution in [0, 0.1) is 13.8 Å². The van der Waals surface area contributed by atoms with Crippen LogP contribution in [0.4, 0.5) is 0 Å². The smallest absolute Gasteiger partial charge is 0.254 e. The maximum absolute atomic E-state index is 12.7. The second kappa shape index (κ2) is 8.77. The Morgan fingerprint density at radius 2 is 1.79 bits per heavy atom. The minimum atomic E-state index is -3.73. The van der Waals surface area contributed by atoms with E-state index in [9.17, 15) is 13.2 Å². The van der Waals surface area contributed by atoms with E-state index in [0.29, 0.717) is 10.6 Å². The van der Waals surface area contributed by atoms with Crippen molar-refractivity contribution in [3.05, 3.63) is 83.0 Å². The summed E-state index contributed by atoms with van der Waals surface area (Å²) in [6.07, 6.45) is 1.66. The summed E-state index contributed by atoms with van der Waals surface area (Å²) < 4.78 is 22.6. The number of carbonyl (C=O) groups excluding carboxylic acids is 1. The van der Waals surface area contributed by atoms with Gasteiger partial charge in [0, 0.05) is 17.6 Å². The first-order chi connectivity index (χ1) is 13.7. The summed E-state index contributed by atoms with van der Waals surface area (Å²) in [7, 11) is -3.73. The van der Waals surface area contributed by atoms with Gasteiger partial charge in [-0.05, 0) is 66.9 Å². The molecule has 0 fully saturated rings. The number of hydrogen-bond donors (Lipinski definition) is 2. The van der Waals surface area contributed by atoms with Crippen LogP contribution < -0.4 is 10.5 Å². The Bertz CT molecular complexity index is 1140. The van der Waals surface area contributed by atoms with Gasteiger partial charge >= 0.3 is 0 Å². The predicted octanol–water partition coefficient (Wildman–Crippen LogP) is 3.43. The predicted molar refractivity (Wildman–Crippen MR) is 113 cm³/mol. The van der Waals surface area contributed by atoms with Crippen LogP contribution in [0.15, 0.2) is 75.6 Å². The van der Waals surface area contributed by atoms with Crippen molar-refractivity contribution in [3.63, 3.8) is 0 Å². The van der Waals surface area contributed by atoms with Crippen LogP contribution in [0.2, 0.25) is 0 Å². The molecule has 0 radical (unpaired) electrons. The van der Waals surface area contributed by atoms with Crippen LogP contribution in [0.5, 0.6) is 0 Å². The minimum Gasteiger partial charge on any atom is -0.348 e. The molecule has 150 valence electrons. The molecule has 1 aromatic heterocycles. The summed E-state index contributed by atoms with van der Waals surface area (Å²) >= 11 is 1.44. The molecule has 0 aliphatic carbocycles. The normalized spacial score (nSPS) is 11.3. The van der Waals surface area contributed by atoms with Crippen molar-refractivity contribution in [3.8, 4) is 0 Å². The van der Waals surface area contributed by atoms with Gasteiger partial charge in [-0.25, -0.2) is 18.5 Å². The first kappa shape index (κ1) is 21.0. The number of rotatable bonds is 6. The van der Waals surface area contributed by atoms with Gasteiger partial charge in [0.1, 0.15) is 5.03 Å². The van der Waals surface area contributed by atoms with E-state index in [0.717, 1.165) is 10.5 Å². The van der Waals surface area contributed by atoms with E-state index in [4.69, 9.17) is 5.14 Å². The number of hydrogen-bond acceptors (Lipinski definition) is 5. The van der Waals surface area contributed by atoms with Gasteiger partial charge in [0.05, 0.1) is 10.5 Å². The van der Waals surface area contributed by atoms with E-state index in [1.165, 1.54) is 35.0 Å². The molecule has 6 nitrogen and oxygen atoms in total. The van der Waals surface area contributed by atoms with Gasteiger partial charge in [-0.1, -0.05) is 30.0 Å². The lowest BCUT2D eigenvalue weighted by Crippen LogP contribution is -2.23. The van der Waals surface area contributed by atoms with E-state index in [-0.39, 0.29) is 17.3 Å². The zero-order valence-corrected chi connectivity index (χ0v) is 17.7. The zero-order chi connectivity index (χ0) is 21.0. The lowest BCUT2D eigenvalue weighted by Gasteiger charge is -2.10. The number of amides is 1. The molecular formula is C21H21N3O3S2. The second-order valence-corrected chi connectivity index (χ2v) is 9.20. The van der Waals surface area contributed by atoms with Crippen LogP contribution in [0.1, 0.15) is 27.0 Å². The molecule has 1 amide bonds. The Labute approximate surface area is 174 Å². The largest absolute Gasteiger partial charge is 0.348 e. The van der Waals surface area contributed by atoms with Gasteiger partial charge < -0.3 is 5.32 Å². The highest BCUT2D eigenvalue weighted by atomic mass is 32.2. The minimum absolute atomic E-state index is 0.0342. The van der Waals surface area contributed by atoms with Gasteiger partial charge in [0.2, 0.25) is 10.0 Å². The van der Waals surface area contributed by atoms with Crippen LogP contribution in [0.25, 0.3) is 0 Å². The molecule has 0 aliphatic heterocycles. The molecule has 0 unspecified atom stereocenters. The third-order valence-corrected chi connectivity index (χ3v) is 6.35. The Kier molecular flexibility index (Phi) is 6.36. The molecule has 29 heavy (non-hydrogen) atoms. The SMILES string of the molecule is Cc1ccc(Sc2ncccc2C(=O)NCc2ccc(S(N)(=O)=O)cc2)cc1C. The lowest BCUT2D eigenvalue weighted by molar-refractivity contribution is 0.0947. The van der Waals surface area contributed by atoms with Crippen molar-refractivity contribution in [2.24, 2.45) is 5.14 Å². The molecule has 0 aliphatic rings. The van der Waals surface area contributed by atoms with Crippen molar-refractivity contribution in [2.75, 3.05) is 0 Å². The molecule has 3 N–H and O–H groups in total. The van der Waals surface area contributed by atoms with Crippen LogP contribution >= 0.6 is 11.8 Å². The van der Waals surface area contributed by atoms with Crippen LogP contribution in [-0.2, 0) is 16.6 Å². The standard InChI is InChI=1S/C21H21N3O3S2/c1-14-5-8-17(12-15(14)2)28-21-19(4-3-11-23-21)20(25)24-13-16-6-9-18(10-7-16)29(22,26)27/h3-12H,13H2,1-2H3,(H,24,25)(H2,22,26,27). The molecule has 3 aromatic rings. The molecule has 8 heteroatoms. The maximum atomic E-state index is 12.7. The molecule has 2 aromatic carbocycles. The average molecular weight is 428 g/mol. The molecule has 0 spiro atoms. The number of aryl methyl sites for hydroxylation is 2. The fourth-order valence-electron chi connectivity index (χ4n) is 2.61. The lowest BCUT2D eigenvalue weighted by atomic mass is 10.1. The molecule has 0 saturated carbocycles. The number of pyridine rings is 1. The maximum Gasteiger partial charge on any atom is 0.254 e. The zero-order valence-electron chi connectivity index (χ0n) is 16.0. The highest BCUT2D eigenvalue weighted by Crippen LogP contribution is 2.30. The quantitative estimate of drug-likeness (QED) is 0.627. The Balaban J connectivity index is 1.72. The third kappa shape index (κ3) is 5.44. The summed E-state index contributed by atoms with van der Waals surface area (Å²) in [6, 6.07) is 15.7. The summed E-state index contributed by atoms with van der Waals surface area (Å²) in [5, 5.41) is 8.57. The van der Waals surface area contributed by atoms with Gasteiger partial charge in [0.15, 0.2) is 0 Å². The summed E-state index contributed by atoms with van der Waals surface area (Å²) in [6.45, 7) is 4.36.